The van der Waals surface area contributed by atoms with Crippen LogP contribution >= 0.6 is 39.1 Å². The molecule has 0 spiro atoms. The van der Waals surface area contributed by atoms with E-state index >= 15 is 0 Å². The van der Waals surface area contributed by atoms with E-state index in [1.165, 1.54) is 0 Å². The van der Waals surface area contributed by atoms with Crippen molar-refractivity contribution in [3.8, 4) is 0 Å². The van der Waals surface area contributed by atoms with Crippen LogP contribution in [0.4, 0.5) is 0 Å². The Kier molecular flexibility index (Phi) is 3.43. The van der Waals surface area contributed by atoms with E-state index in [1.807, 2.05) is 18.2 Å². The molecule has 0 saturated carbocycles. The van der Waals surface area contributed by atoms with Crippen LogP contribution in [-0.4, -0.2) is 4.98 Å². The quantitative estimate of drug-likeness (QED) is 0.639. The van der Waals surface area contributed by atoms with E-state index in [9.17, 15) is 0 Å². The van der Waals surface area contributed by atoms with Gasteiger partial charge in [0.25, 0.3) is 0 Å². The number of benzene rings is 1. The molecule has 0 bridgehead atoms. The number of hydrogen-bond donors (Lipinski definition) is 0. The van der Waals surface area contributed by atoms with E-state index in [0.717, 1.165) is 20.9 Å². The van der Waals surface area contributed by atoms with Crippen LogP contribution in [-0.2, 0) is 0 Å². The maximum atomic E-state index is 6.37. The Hall–Kier alpha value is -0.310. The minimum Gasteiger partial charge on any atom is -0.236 e. The Bertz CT molecular complexity index is 552. The molecule has 0 aliphatic carbocycles. The molecule has 0 aliphatic heterocycles. The fourth-order valence-corrected chi connectivity index (χ4v) is 2.95. The largest absolute Gasteiger partial charge is 0.236 e. The fraction of sp³-hybridized carbons (Fsp3) is 0.250. The summed E-state index contributed by atoms with van der Waals surface area (Å²) in [5.41, 5.74) is 1.73. The average Bonchev–Trinajstić information content (AvgIpc) is 2.19. The molecule has 1 heterocycles. The van der Waals surface area contributed by atoms with Gasteiger partial charge in [0.2, 0.25) is 0 Å². The topological polar surface area (TPSA) is 12.9 Å². The number of hydrogen-bond acceptors (Lipinski definition) is 1. The maximum Gasteiger partial charge on any atom is 0.134 e. The van der Waals surface area contributed by atoms with Gasteiger partial charge in [-0.1, -0.05) is 53.0 Å². The molecule has 0 fully saturated rings. The Balaban J connectivity index is 2.85. The number of pyridine rings is 1. The summed E-state index contributed by atoms with van der Waals surface area (Å²) < 4.78 is 0.987. The molecule has 2 rings (SSSR count). The van der Waals surface area contributed by atoms with E-state index in [-0.39, 0.29) is 5.92 Å². The molecule has 4 heteroatoms. The zero-order valence-electron chi connectivity index (χ0n) is 8.89. The third-order valence-corrected chi connectivity index (χ3v) is 3.64. The lowest BCUT2D eigenvalue weighted by molar-refractivity contribution is 0.862. The molecule has 0 amide bonds. The maximum absolute atomic E-state index is 6.37. The molecule has 0 saturated heterocycles. The highest BCUT2D eigenvalue weighted by Gasteiger charge is 2.15. The van der Waals surface area contributed by atoms with Gasteiger partial charge in [-0.25, -0.2) is 4.98 Å². The number of aromatic nitrogens is 1. The number of fused-ring (bicyclic) bond motifs is 1. The first-order valence-corrected chi connectivity index (χ1v) is 6.49. The predicted octanol–water partition coefficient (Wildman–Crippen LogP) is 5.43. The van der Waals surface area contributed by atoms with E-state index in [1.54, 1.807) is 0 Å². The summed E-state index contributed by atoms with van der Waals surface area (Å²) in [5.74, 6) is 0.260. The van der Waals surface area contributed by atoms with E-state index in [4.69, 9.17) is 23.2 Å². The SMILES string of the molecule is CC(C)c1c(Cl)nc2ccc(Br)cc2c1Cl. The van der Waals surface area contributed by atoms with Crippen LogP contribution in [0.5, 0.6) is 0 Å². The third kappa shape index (κ3) is 2.06. The molecule has 0 aliphatic rings. The minimum absolute atomic E-state index is 0.260. The molecular formula is C12H10BrCl2N. The van der Waals surface area contributed by atoms with Gasteiger partial charge in [-0.15, -0.1) is 0 Å². The van der Waals surface area contributed by atoms with Crippen molar-refractivity contribution in [3.63, 3.8) is 0 Å². The van der Waals surface area contributed by atoms with Crippen molar-refractivity contribution in [2.45, 2.75) is 19.8 Å². The fourth-order valence-electron chi connectivity index (χ4n) is 1.67. The molecule has 1 aromatic heterocycles. The average molecular weight is 319 g/mol. The summed E-state index contributed by atoms with van der Waals surface area (Å²) in [4.78, 5) is 4.36. The summed E-state index contributed by atoms with van der Waals surface area (Å²) in [6, 6.07) is 5.80. The lowest BCUT2D eigenvalue weighted by Crippen LogP contribution is -1.95. The Morgan fingerprint density at radius 1 is 1.25 bits per heavy atom. The van der Waals surface area contributed by atoms with Crippen LogP contribution in [0.2, 0.25) is 10.2 Å². The van der Waals surface area contributed by atoms with E-state index in [2.05, 4.69) is 34.8 Å². The van der Waals surface area contributed by atoms with E-state index < -0.39 is 0 Å². The van der Waals surface area contributed by atoms with Crippen LogP contribution in [0.25, 0.3) is 10.9 Å². The third-order valence-electron chi connectivity index (χ3n) is 2.45. The smallest absolute Gasteiger partial charge is 0.134 e. The van der Waals surface area contributed by atoms with Gasteiger partial charge in [-0.2, -0.15) is 0 Å². The lowest BCUT2D eigenvalue weighted by atomic mass is 10.0. The van der Waals surface area contributed by atoms with Gasteiger partial charge in [0.05, 0.1) is 10.5 Å². The van der Waals surface area contributed by atoms with Crippen LogP contribution in [0.3, 0.4) is 0 Å². The van der Waals surface area contributed by atoms with Gasteiger partial charge >= 0.3 is 0 Å². The van der Waals surface area contributed by atoms with Gasteiger partial charge in [0, 0.05) is 15.4 Å². The zero-order valence-corrected chi connectivity index (χ0v) is 12.0. The van der Waals surface area contributed by atoms with E-state index in [0.29, 0.717) is 10.2 Å². The molecule has 0 unspecified atom stereocenters. The van der Waals surface area contributed by atoms with Crippen molar-refractivity contribution >= 4 is 50.0 Å². The second-order valence-electron chi connectivity index (χ2n) is 3.95. The second kappa shape index (κ2) is 4.52. The zero-order chi connectivity index (χ0) is 11.9. The van der Waals surface area contributed by atoms with Crippen LogP contribution < -0.4 is 0 Å². The molecule has 0 radical (unpaired) electrons. The van der Waals surface area contributed by atoms with Crippen molar-refractivity contribution in [3.05, 3.63) is 38.4 Å². The number of rotatable bonds is 1. The van der Waals surface area contributed by atoms with Crippen molar-refractivity contribution in [2.24, 2.45) is 0 Å². The van der Waals surface area contributed by atoms with Gasteiger partial charge < -0.3 is 0 Å². The summed E-state index contributed by atoms with van der Waals surface area (Å²) in [6.07, 6.45) is 0. The highest BCUT2D eigenvalue weighted by atomic mass is 79.9. The molecule has 0 atom stereocenters. The van der Waals surface area contributed by atoms with Crippen molar-refractivity contribution in [2.75, 3.05) is 0 Å². The first-order chi connectivity index (χ1) is 7.50. The number of nitrogens with zero attached hydrogens (tertiary/aromatic N) is 1. The first-order valence-electron chi connectivity index (χ1n) is 4.95. The Labute approximate surface area is 113 Å². The van der Waals surface area contributed by atoms with Crippen molar-refractivity contribution < 1.29 is 0 Å². The highest BCUT2D eigenvalue weighted by Crippen LogP contribution is 2.36. The van der Waals surface area contributed by atoms with Crippen molar-refractivity contribution in [1.29, 1.82) is 0 Å². The van der Waals surface area contributed by atoms with Gasteiger partial charge in [-0.3, -0.25) is 0 Å². The minimum atomic E-state index is 0.260. The molecule has 84 valence electrons. The van der Waals surface area contributed by atoms with Gasteiger partial charge in [0.1, 0.15) is 5.15 Å². The Morgan fingerprint density at radius 3 is 2.56 bits per heavy atom. The summed E-state index contributed by atoms with van der Waals surface area (Å²) in [7, 11) is 0. The van der Waals surface area contributed by atoms with Crippen molar-refractivity contribution in [1.82, 2.24) is 4.98 Å². The number of halogens is 3. The lowest BCUT2D eigenvalue weighted by Gasteiger charge is -2.12. The van der Waals surface area contributed by atoms with Gasteiger partial charge in [0.15, 0.2) is 0 Å². The molecule has 2 aromatic rings. The summed E-state index contributed by atoms with van der Waals surface area (Å²) in [5, 5.41) is 2.13. The molecule has 1 nitrogen and oxygen atoms in total. The molecular weight excluding hydrogens is 309 g/mol. The predicted molar refractivity (Wildman–Crippen MR) is 73.6 cm³/mol. The monoisotopic (exact) mass is 317 g/mol. The highest BCUT2D eigenvalue weighted by molar-refractivity contribution is 9.10. The van der Waals surface area contributed by atoms with Crippen LogP contribution in [0, 0.1) is 0 Å². The van der Waals surface area contributed by atoms with Gasteiger partial charge in [-0.05, 0) is 24.1 Å². The second-order valence-corrected chi connectivity index (χ2v) is 5.60. The summed E-state index contributed by atoms with van der Waals surface area (Å²) in [6.45, 7) is 4.11. The Morgan fingerprint density at radius 2 is 1.94 bits per heavy atom. The standard InChI is InChI=1S/C12H10BrCl2N/c1-6(2)10-11(14)8-5-7(13)3-4-9(8)16-12(10)15/h3-6H,1-2H3. The summed E-state index contributed by atoms with van der Waals surface area (Å²) >= 11 is 15.9. The first kappa shape index (κ1) is 12.2. The molecule has 16 heavy (non-hydrogen) atoms. The normalized spacial score (nSPS) is 11.4. The van der Waals surface area contributed by atoms with Crippen LogP contribution in [0.15, 0.2) is 22.7 Å². The molecule has 1 aromatic carbocycles. The molecule has 0 N–H and O–H groups in total. The van der Waals surface area contributed by atoms with Crippen LogP contribution in [0.1, 0.15) is 25.3 Å².